The van der Waals surface area contributed by atoms with E-state index in [9.17, 15) is 9.90 Å². The standard InChI is InChI=1S/C14H22O2/c1-3-5-6-7-12-9-13(15)11-14(16,10-12)8-4-2/h8,12,16H,2-3,5-7,9-11H2,1H3. The summed E-state index contributed by atoms with van der Waals surface area (Å²) in [6, 6.07) is 0. The number of rotatable bonds is 5. The fraction of sp³-hybridized carbons (Fsp3) is 0.714. The Morgan fingerprint density at radius 3 is 3.00 bits per heavy atom. The largest absolute Gasteiger partial charge is 0.385 e. The molecule has 1 N–H and O–H groups in total. The molecule has 2 unspecified atom stereocenters. The first-order valence-corrected chi connectivity index (χ1v) is 6.20. The molecule has 1 fully saturated rings. The van der Waals surface area contributed by atoms with Crippen LogP contribution >= 0.6 is 0 Å². The van der Waals surface area contributed by atoms with Crippen LogP contribution < -0.4 is 0 Å². The second kappa shape index (κ2) is 6.03. The summed E-state index contributed by atoms with van der Waals surface area (Å²) in [6.45, 7) is 5.64. The topological polar surface area (TPSA) is 37.3 Å². The van der Waals surface area contributed by atoms with Gasteiger partial charge in [-0.1, -0.05) is 32.8 Å². The van der Waals surface area contributed by atoms with Crippen molar-refractivity contribution in [2.24, 2.45) is 5.92 Å². The van der Waals surface area contributed by atoms with Crippen molar-refractivity contribution in [1.29, 1.82) is 0 Å². The molecule has 0 aliphatic heterocycles. The van der Waals surface area contributed by atoms with Crippen molar-refractivity contribution >= 4 is 5.78 Å². The Hall–Kier alpha value is -0.850. The third kappa shape index (κ3) is 3.96. The summed E-state index contributed by atoms with van der Waals surface area (Å²) in [5, 5.41) is 10.2. The Morgan fingerprint density at radius 1 is 1.62 bits per heavy atom. The minimum atomic E-state index is -0.978. The Labute approximate surface area is 98.1 Å². The maximum atomic E-state index is 11.6. The zero-order valence-corrected chi connectivity index (χ0v) is 10.2. The second-order valence-electron chi connectivity index (χ2n) is 4.94. The molecule has 16 heavy (non-hydrogen) atoms. The molecule has 0 radical (unpaired) electrons. The van der Waals surface area contributed by atoms with Gasteiger partial charge >= 0.3 is 0 Å². The Bertz CT molecular complexity index is 289. The maximum Gasteiger partial charge on any atom is 0.136 e. The quantitative estimate of drug-likeness (QED) is 0.573. The van der Waals surface area contributed by atoms with E-state index in [4.69, 9.17) is 0 Å². The van der Waals surface area contributed by atoms with Gasteiger partial charge in [-0.25, -0.2) is 0 Å². The summed E-state index contributed by atoms with van der Waals surface area (Å²) in [6.07, 6.45) is 7.71. The predicted molar refractivity (Wildman–Crippen MR) is 65.1 cm³/mol. The number of hydrogen-bond donors (Lipinski definition) is 1. The maximum absolute atomic E-state index is 11.6. The lowest BCUT2D eigenvalue weighted by Gasteiger charge is -2.33. The Balaban J connectivity index is 2.54. The highest BCUT2D eigenvalue weighted by Gasteiger charge is 2.36. The first kappa shape index (κ1) is 13.2. The lowest BCUT2D eigenvalue weighted by Crippen LogP contribution is -2.37. The number of carbonyl (C=O) groups excluding carboxylic acids is 1. The van der Waals surface area contributed by atoms with Gasteiger partial charge in [-0.3, -0.25) is 4.79 Å². The van der Waals surface area contributed by atoms with E-state index in [1.165, 1.54) is 12.8 Å². The summed E-state index contributed by atoms with van der Waals surface area (Å²) < 4.78 is 0. The fourth-order valence-corrected chi connectivity index (χ4v) is 2.57. The Morgan fingerprint density at radius 2 is 2.38 bits per heavy atom. The van der Waals surface area contributed by atoms with Gasteiger partial charge in [-0.15, -0.1) is 5.73 Å². The molecule has 0 aromatic heterocycles. The van der Waals surface area contributed by atoms with Crippen LogP contribution in [0, 0.1) is 5.92 Å². The van der Waals surface area contributed by atoms with Crippen molar-refractivity contribution in [1.82, 2.24) is 0 Å². The van der Waals surface area contributed by atoms with Crippen LogP contribution in [0.15, 0.2) is 18.4 Å². The lowest BCUT2D eigenvalue weighted by molar-refractivity contribution is -0.127. The third-order valence-corrected chi connectivity index (χ3v) is 3.25. The van der Waals surface area contributed by atoms with Gasteiger partial charge in [0.1, 0.15) is 5.78 Å². The first-order chi connectivity index (χ1) is 7.59. The average molecular weight is 222 g/mol. The van der Waals surface area contributed by atoms with Crippen molar-refractivity contribution in [3.63, 3.8) is 0 Å². The molecule has 0 amide bonds. The minimum Gasteiger partial charge on any atom is -0.385 e. The second-order valence-corrected chi connectivity index (χ2v) is 4.94. The molecule has 2 heteroatoms. The molecule has 2 atom stereocenters. The zero-order chi connectivity index (χ0) is 12.0. The van der Waals surface area contributed by atoms with Crippen LogP contribution in [0.1, 0.15) is 51.9 Å². The van der Waals surface area contributed by atoms with Crippen molar-refractivity contribution in [3.8, 4) is 0 Å². The van der Waals surface area contributed by atoms with Gasteiger partial charge in [0, 0.05) is 12.8 Å². The van der Waals surface area contributed by atoms with Gasteiger partial charge in [-0.2, -0.15) is 0 Å². The van der Waals surface area contributed by atoms with E-state index in [2.05, 4.69) is 19.2 Å². The molecular weight excluding hydrogens is 200 g/mol. The summed E-state index contributed by atoms with van der Waals surface area (Å²) in [7, 11) is 0. The van der Waals surface area contributed by atoms with E-state index in [-0.39, 0.29) is 12.2 Å². The van der Waals surface area contributed by atoms with E-state index in [1.54, 1.807) is 6.08 Å². The van der Waals surface area contributed by atoms with Crippen LogP contribution in [0.3, 0.4) is 0 Å². The SMILES string of the molecule is C=C=CC1(O)CC(=O)CC(CCCCC)C1. The zero-order valence-electron chi connectivity index (χ0n) is 10.2. The predicted octanol–water partition coefficient (Wildman–Crippen LogP) is 3.01. The highest BCUT2D eigenvalue weighted by Crippen LogP contribution is 2.34. The minimum absolute atomic E-state index is 0.168. The number of unbranched alkanes of at least 4 members (excludes halogenated alkanes) is 2. The van der Waals surface area contributed by atoms with Gasteiger partial charge < -0.3 is 5.11 Å². The number of aliphatic hydroxyl groups is 1. The van der Waals surface area contributed by atoms with Crippen molar-refractivity contribution in [2.75, 3.05) is 0 Å². The first-order valence-electron chi connectivity index (χ1n) is 6.20. The van der Waals surface area contributed by atoms with Crippen LogP contribution in [-0.4, -0.2) is 16.5 Å². The summed E-state index contributed by atoms with van der Waals surface area (Å²) in [4.78, 5) is 11.6. The van der Waals surface area contributed by atoms with Crippen molar-refractivity contribution in [3.05, 3.63) is 18.4 Å². The monoisotopic (exact) mass is 222 g/mol. The number of carbonyl (C=O) groups is 1. The molecule has 0 heterocycles. The summed E-state index contributed by atoms with van der Waals surface area (Å²) in [5.41, 5.74) is 1.63. The molecule has 1 aliphatic carbocycles. The highest BCUT2D eigenvalue weighted by molar-refractivity contribution is 5.81. The molecule has 2 nitrogen and oxygen atoms in total. The van der Waals surface area contributed by atoms with Gasteiger partial charge in [0.25, 0.3) is 0 Å². The van der Waals surface area contributed by atoms with Gasteiger partial charge in [0.15, 0.2) is 0 Å². The fourth-order valence-electron chi connectivity index (χ4n) is 2.57. The number of hydrogen-bond acceptors (Lipinski definition) is 2. The van der Waals surface area contributed by atoms with E-state index < -0.39 is 5.60 Å². The van der Waals surface area contributed by atoms with Crippen LogP contribution in [0.2, 0.25) is 0 Å². The van der Waals surface area contributed by atoms with Crippen molar-refractivity contribution in [2.45, 2.75) is 57.5 Å². The molecule has 0 aromatic carbocycles. The summed E-state index contributed by atoms with van der Waals surface area (Å²) >= 11 is 0. The highest BCUT2D eigenvalue weighted by atomic mass is 16.3. The van der Waals surface area contributed by atoms with Crippen molar-refractivity contribution < 1.29 is 9.90 Å². The molecule has 0 aromatic rings. The molecule has 0 saturated heterocycles. The van der Waals surface area contributed by atoms with E-state index in [0.29, 0.717) is 18.8 Å². The molecule has 1 saturated carbocycles. The molecule has 90 valence electrons. The lowest BCUT2D eigenvalue weighted by atomic mass is 9.75. The van der Waals surface area contributed by atoms with E-state index in [1.807, 2.05) is 0 Å². The van der Waals surface area contributed by atoms with Gasteiger partial charge in [0.2, 0.25) is 0 Å². The van der Waals surface area contributed by atoms with Crippen LogP contribution in [0.4, 0.5) is 0 Å². The third-order valence-electron chi connectivity index (χ3n) is 3.25. The summed E-state index contributed by atoms with van der Waals surface area (Å²) in [5.74, 6) is 0.504. The number of ketones is 1. The number of Topliss-reactive ketones (excluding diaryl/α,β-unsaturated/α-hetero) is 1. The smallest absolute Gasteiger partial charge is 0.136 e. The van der Waals surface area contributed by atoms with Gasteiger partial charge in [-0.05, 0) is 24.8 Å². The van der Waals surface area contributed by atoms with Crippen LogP contribution in [0.5, 0.6) is 0 Å². The van der Waals surface area contributed by atoms with Crippen LogP contribution in [0.25, 0.3) is 0 Å². The van der Waals surface area contributed by atoms with Gasteiger partial charge in [0.05, 0.1) is 5.60 Å². The normalized spacial score (nSPS) is 29.9. The van der Waals surface area contributed by atoms with E-state index in [0.717, 1.165) is 12.8 Å². The molecule has 1 rings (SSSR count). The average Bonchev–Trinajstić information content (AvgIpc) is 2.16. The van der Waals surface area contributed by atoms with E-state index >= 15 is 0 Å². The molecule has 1 aliphatic rings. The van der Waals surface area contributed by atoms with Crippen LogP contribution in [-0.2, 0) is 4.79 Å². The molecule has 0 spiro atoms. The molecule has 0 bridgehead atoms. The Kier molecular flexibility index (Phi) is 4.98. The molecular formula is C14H22O2.